The molecule has 6 nitrogen and oxygen atoms in total. The van der Waals surface area contributed by atoms with E-state index in [2.05, 4.69) is 55.7 Å². The van der Waals surface area contributed by atoms with Gasteiger partial charge < -0.3 is 20.6 Å². The van der Waals surface area contributed by atoms with Gasteiger partial charge in [0.05, 0.1) is 18.0 Å². The Kier molecular flexibility index (Phi) is 9.59. The molecule has 4 rings (SSSR count). The molecule has 4 aromatic carbocycles. The van der Waals surface area contributed by atoms with Gasteiger partial charge in [-0.2, -0.15) is 0 Å². The first-order valence-electron chi connectivity index (χ1n) is 13.9. The number of nitrogens with zero attached hydrogens (tertiary/aromatic N) is 1. The molecule has 7 heteroatoms. The number of carbonyl (C=O) groups excluding carboxylic acids is 1. The van der Waals surface area contributed by atoms with Crippen molar-refractivity contribution in [2.24, 2.45) is 0 Å². The fourth-order valence-electron chi connectivity index (χ4n) is 4.70. The van der Waals surface area contributed by atoms with E-state index in [-0.39, 0.29) is 11.8 Å². The number of aliphatic carboxylic acids is 1. The minimum absolute atomic E-state index is 0.0672. The number of carboxylic acids is 1. The molecule has 42 heavy (non-hydrogen) atoms. The topological polar surface area (TPSA) is 81.7 Å². The Morgan fingerprint density at radius 1 is 0.857 bits per heavy atom. The maximum Gasteiger partial charge on any atom is 0.305 e. The van der Waals surface area contributed by atoms with Crippen molar-refractivity contribution in [3.05, 3.63) is 118 Å². The molecule has 0 aliphatic heterocycles. The lowest BCUT2D eigenvalue weighted by Crippen LogP contribution is -2.30. The summed E-state index contributed by atoms with van der Waals surface area (Å²) in [6.45, 7) is 7.04. The maximum atomic E-state index is 13.5. The van der Waals surface area contributed by atoms with Crippen LogP contribution in [0, 0.1) is 0 Å². The lowest BCUT2D eigenvalue weighted by molar-refractivity contribution is -0.137. The van der Waals surface area contributed by atoms with E-state index < -0.39 is 17.9 Å². The van der Waals surface area contributed by atoms with Crippen LogP contribution >= 0.6 is 11.6 Å². The standard InChI is InChI=1S/C35H38ClN3O3/c1-35(2,3)27-14-6-23(7-15-27)22-37-31-19-16-28(36)20-30(31)34(42)38-32(21-33(40)41)26-10-8-24(9-11-26)25-12-17-29(18-13-25)39(4)5/h6-20,32,37H,21-22H2,1-5H3,(H,38,42)(H,40,41). The molecule has 1 atom stereocenters. The van der Waals surface area contributed by atoms with E-state index in [4.69, 9.17) is 11.6 Å². The number of nitrogens with one attached hydrogen (secondary N) is 2. The van der Waals surface area contributed by atoms with Crippen LogP contribution in [-0.4, -0.2) is 31.1 Å². The number of benzene rings is 4. The van der Waals surface area contributed by atoms with Crippen molar-refractivity contribution >= 4 is 34.9 Å². The fourth-order valence-corrected chi connectivity index (χ4v) is 4.87. The Morgan fingerprint density at radius 3 is 2.00 bits per heavy atom. The normalized spacial score (nSPS) is 12.0. The van der Waals surface area contributed by atoms with Gasteiger partial charge in [0, 0.05) is 37.0 Å². The van der Waals surface area contributed by atoms with Gasteiger partial charge in [0.15, 0.2) is 0 Å². The van der Waals surface area contributed by atoms with Gasteiger partial charge in [0.2, 0.25) is 0 Å². The molecule has 0 radical (unpaired) electrons. The molecule has 218 valence electrons. The molecule has 0 saturated carbocycles. The summed E-state index contributed by atoms with van der Waals surface area (Å²) in [5.74, 6) is -1.41. The second-order valence-electron chi connectivity index (χ2n) is 11.7. The predicted octanol–water partition coefficient (Wildman–Crippen LogP) is 7.93. The number of carbonyl (C=O) groups is 2. The second kappa shape index (κ2) is 13.1. The van der Waals surface area contributed by atoms with E-state index >= 15 is 0 Å². The minimum atomic E-state index is -1.01. The molecule has 0 spiro atoms. The predicted molar refractivity (Wildman–Crippen MR) is 173 cm³/mol. The Hall–Kier alpha value is -4.29. The van der Waals surface area contributed by atoms with Crippen LogP contribution in [0.4, 0.5) is 11.4 Å². The summed E-state index contributed by atoms with van der Waals surface area (Å²) in [5.41, 5.74) is 7.21. The minimum Gasteiger partial charge on any atom is -0.481 e. The van der Waals surface area contributed by atoms with Gasteiger partial charge in [0.25, 0.3) is 5.91 Å². The highest BCUT2D eigenvalue weighted by molar-refractivity contribution is 6.31. The molecular formula is C35H38ClN3O3. The quantitative estimate of drug-likeness (QED) is 0.177. The summed E-state index contributed by atoms with van der Waals surface area (Å²) >= 11 is 6.27. The van der Waals surface area contributed by atoms with Crippen LogP contribution in [0.15, 0.2) is 91.0 Å². The average molecular weight is 584 g/mol. The zero-order valence-electron chi connectivity index (χ0n) is 24.7. The SMILES string of the molecule is CN(C)c1ccc(-c2ccc(C(CC(=O)O)NC(=O)c3cc(Cl)ccc3NCc3ccc(C(C)(C)C)cc3)cc2)cc1. The third-order valence-corrected chi connectivity index (χ3v) is 7.48. The molecule has 0 aliphatic rings. The third-order valence-electron chi connectivity index (χ3n) is 7.24. The van der Waals surface area contributed by atoms with Crippen LogP contribution in [0.1, 0.15) is 60.3 Å². The molecule has 0 saturated heterocycles. The van der Waals surface area contributed by atoms with E-state index in [1.807, 2.05) is 67.5 Å². The monoisotopic (exact) mass is 583 g/mol. The van der Waals surface area contributed by atoms with Gasteiger partial charge >= 0.3 is 5.97 Å². The van der Waals surface area contributed by atoms with Crippen molar-refractivity contribution in [1.82, 2.24) is 5.32 Å². The first-order chi connectivity index (χ1) is 19.9. The Bertz CT molecular complexity index is 1520. The summed E-state index contributed by atoms with van der Waals surface area (Å²) in [7, 11) is 3.99. The molecule has 1 unspecified atom stereocenters. The zero-order valence-corrected chi connectivity index (χ0v) is 25.5. The van der Waals surface area contributed by atoms with Crippen molar-refractivity contribution in [2.75, 3.05) is 24.3 Å². The zero-order chi connectivity index (χ0) is 30.4. The van der Waals surface area contributed by atoms with E-state index in [1.54, 1.807) is 18.2 Å². The average Bonchev–Trinajstić information content (AvgIpc) is 2.96. The smallest absolute Gasteiger partial charge is 0.305 e. The van der Waals surface area contributed by atoms with Crippen molar-refractivity contribution in [3.63, 3.8) is 0 Å². The lowest BCUT2D eigenvalue weighted by Gasteiger charge is -2.20. The number of anilines is 2. The number of halogens is 1. The number of hydrogen-bond donors (Lipinski definition) is 3. The van der Waals surface area contributed by atoms with Crippen LogP contribution in [0.3, 0.4) is 0 Å². The summed E-state index contributed by atoms with van der Waals surface area (Å²) in [6.07, 6.45) is -0.258. The van der Waals surface area contributed by atoms with Gasteiger partial charge in [0.1, 0.15) is 0 Å². The molecule has 0 heterocycles. The molecule has 1 amide bonds. The first kappa shape index (κ1) is 30.7. The van der Waals surface area contributed by atoms with Gasteiger partial charge in [-0.25, -0.2) is 0 Å². The fraction of sp³-hybridized carbons (Fsp3) is 0.257. The Balaban J connectivity index is 1.51. The number of carboxylic acid groups (broad SMARTS) is 1. The van der Waals surface area contributed by atoms with E-state index in [1.165, 1.54) is 5.56 Å². The lowest BCUT2D eigenvalue weighted by atomic mass is 9.87. The molecule has 3 N–H and O–H groups in total. The number of hydrogen-bond acceptors (Lipinski definition) is 4. The largest absolute Gasteiger partial charge is 0.481 e. The van der Waals surface area contributed by atoms with E-state index in [0.29, 0.717) is 28.4 Å². The van der Waals surface area contributed by atoms with Crippen LogP contribution in [0.2, 0.25) is 5.02 Å². The van der Waals surface area contributed by atoms with Gasteiger partial charge in [-0.15, -0.1) is 0 Å². The Labute approximate surface area is 253 Å². The first-order valence-corrected chi connectivity index (χ1v) is 14.3. The van der Waals surface area contributed by atoms with Crippen LogP contribution in [0.5, 0.6) is 0 Å². The molecule has 0 aromatic heterocycles. The highest BCUT2D eigenvalue weighted by Crippen LogP contribution is 2.28. The molecule has 0 bridgehead atoms. The summed E-state index contributed by atoms with van der Waals surface area (Å²) < 4.78 is 0. The van der Waals surface area contributed by atoms with Crippen LogP contribution in [0.25, 0.3) is 11.1 Å². The van der Waals surface area contributed by atoms with Crippen LogP contribution in [-0.2, 0) is 16.8 Å². The summed E-state index contributed by atoms with van der Waals surface area (Å²) in [5, 5.41) is 16.3. The van der Waals surface area contributed by atoms with Crippen molar-refractivity contribution in [1.29, 1.82) is 0 Å². The summed E-state index contributed by atoms with van der Waals surface area (Å²) in [6, 6.07) is 28.6. The van der Waals surface area contributed by atoms with Crippen LogP contribution < -0.4 is 15.5 Å². The molecule has 0 fully saturated rings. The van der Waals surface area contributed by atoms with E-state index in [9.17, 15) is 14.7 Å². The van der Waals surface area contributed by atoms with Gasteiger partial charge in [-0.1, -0.05) is 93.0 Å². The molecule has 4 aromatic rings. The second-order valence-corrected chi connectivity index (χ2v) is 12.1. The Morgan fingerprint density at radius 2 is 1.45 bits per heavy atom. The highest BCUT2D eigenvalue weighted by atomic mass is 35.5. The van der Waals surface area contributed by atoms with Gasteiger partial charge in [-0.05, 0) is 63.6 Å². The third kappa shape index (κ3) is 7.92. The van der Waals surface area contributed by atoms with Crippen molar-refractivity contribution < 1.29 is 14.7 Å². The van der Waals surface area contributed by atoms with Gasteiger partial charge in [-0.3, -0.25) is 9.59 Å². The molecule has 0 aliphatic carbocycles. The number of amides is 1. The highest BCUT2D eigenvalue weighted by Gasteiger charge is 2.21. The number of rotatable bonds is 10. The molecular weight excluding hydrogens is 546 g/mol. The van der Waals surface area contributed by atoms with E-state index in [0.717, 1.165) is 22.4 Å². The summed E-state index contributed by atoms with van der Waals surface area (Å²) in [4.78, 5) is 27.3. The maximum absolute atomic E-state index is 13.5. The van der Waals surface area contributed by atoms with Crippen molar-refractivity contribution in [2.45, 2.75) is 45.2 Å². The van der Waals surface area contributed by atoms with Crippen molar-refractivity contribution in [3.8, 4) is 11.1 Å².